The van der Waals surface area contributed by atoms with Gasteiger partial charge in [-0.1, -0.05) is 30.0 Å². The molecular weight excluding hydrogens is 468 g/mol. The van der Waals surface area contributed by atoms with Gasteiger partial charge < -0.3 is 5.32 Å². The SMILES string of the molecule is O=C(CSc1nnc2n(Cc3ccc(F)cc3)c(=O)c3sccc3n12)Nc1cccc(F)c1. The maximum Gasteiger partial charge on any atom is 0.273 e. The number of rotatable bonds is 6. The van der Waals surface area contributed by atoms with Crippen molar-refractivity contribution in [2.75, 3.05) is 11.1 Å². The van der Waals surface area contributed by atoms with Crippen LogP contribution in [0.15, 0.2) is 69.9 Å². The predicted octanol–water partition coefficient (Wildman–Crippen LogP) is 4.16. The van der Waals surface area contributed by atoms with Gasteiger partial charge in [0, 0.05) is 5.69 Å². The van der Waals surface area contributed by atoms with Gasteiger partial charge in [0.1, 0.15) is 16.3 Å². The highest BCUT2D eigenvalue weighted by molar-refractivity contribution is 7.99. The number of aromatic nitrogens is 4. The van der Waals surface area contributed by atoms with Crippen molar-refractivity contribution in [2.24, 2.45) is 0 Å². The third-order valence-corrected chi connectivity index (χ3v) is 6.70. The molecule has 11 heteroatoms. The predicted molar refractivity (Wildman–Crippen MR) is 124 cm³/mol. The summed E-state index contributed by atoms with van der Waals surface area (Å²) in [6, 6.07) is 13.3. The lowest BCUT2D eigenvalue weighted by Gasteiger charge is -2.10. The van der Waals surface area contributed by atoms with Crippen molar-refractivity contribution in [1.82, 2.24) is 19.2 Å². The Labute approximate surface area is 193 Å². The lowest BCUT2D eigenvalue weighted by atomic mass is 10.2. The fourth-order valence-electron chi connectivity index (χ4n) is 3.40. The number of amides is 1. The van der Waals surface area contributed by atoms with E-state index in [2.05, 4.69) is 15.5 Å². The van der Waals surface area contributed by atoms with Crippen LogP contribution in [0.3, 0.4) is 0 Å². The van der Waals surface area contributed by atoms with Crippen LogP contribution in [0.4, 0.5) is 14.5 Å². The summed E-state index contributed by atoms with van der Waals surface area (Å²) in [5.41, 5.74) is 1.53. The van der Waals surface area contributed by atoms with Crippen molar-refractivity contribution in [3.63, 3.8) is 0 Å². The molecule has 0 bridgehead atoms. The normalized spacial score (nSPS) is 11.3. The number of nitrogens with one attached hydrogen (secondary N) is 1. The van der Waals surface area contributed by atoms with E-state index in [0.717, 1.165) is 17.3 Å². The molecule has 0 fully saturated rings. The number of carbonyl (C=O) groups excluding carboxylic acids is 1. The zero-order valence-corrected chi connectivity index (χ0v) is 18.5. The molecule has 3 heterocycles. The van der Waals surface area contributed by atoms with Crippen LogP contribution < -0.4 is 10.9 Å². The summed E-state index contributed by atoms with van der Waals surface area (Å²) in [5, 5.41) is 13.3. The highest BCUT2D eigenvalue weighted by Gasteiger charge is 2.19. The molecule has 33 heavy (non-hydrogen) atoms. The van der Waals surface area contributed by atoms with E-state index < -0.39 is 5.82 Å². The molecule has 3 aromatic heterocycles. The largest absolute Gasteiger partial charge is 0.325 e. The van der Waals surface area contributed by atoms with Crippen molar-refractivity contribution >= 4 is 50.7 Å². The Kier molecular flexibility index (Phi) is 5.65. The minimum atomic E-state index is -0.442. The molecule has 0 saturated carbocycles. The van der Waals surface area contributed by atoms with E-state index in [0.29, 0.717) is 26.8 Å². The van der Waals surface area contributed by atoms with E-state index in [9.17, 15) is 18.4 Å². The molecule has 0 saturated heterocycles. The Bertz CT molecular complexity index is 1540. The van der Waals surface area contributed by atoms with Gasteiger partial charge in [0.15, 0.2) is 5.16 Å². The Balaban J connectivity index is 1.46. The van der Waals surface area contributed by atoms with Crippen molar-refractivity contribution < 1.29 is 13.6 Å². The van der Waals surface area contributed by atoms with E-state index in [1.165, 1.54) is 46.2 Å². The monoisotopic (exact) mass is 483 g/mol. The molecule has 7 nitrogen and oxygen atoms in total. The number of thiophene rings is 1. The van der Waals surface area contributed by atoms with E-state index >= 15 is 0 Å². The van der Waals surface area contributed by atoms with Gasteiger partial charge in [0.25, 0.3) is 5.56 Å². The van der Waals surface area contributed by atoms with Crippen LogP contribution in [0.1, 0.15) is 5.56 Å². The summed E-state index contributed by atoms with van der Waals surface area (Å²) < 4.78 is 30.4. The topological polar surface area (TPSA) is 81.3 Å². The van der Waals surface area contributed by atoms with Gasteiger partial charge in [-0.05, 0) is 47.3 Å². The van der Waals surface area contributed by atoms with Crippen LogP contribution in [0.5, 0.6) is 0 Å². The van der Waals surface area contributed by atoms with Gasteiger partial charge in [-0.2, -0.15) is 0 Å². The van der Waals surface area contributed by atoms with E-state index in [-0.39, 0.29) is 29.6 Å². The average molecular weight is 484 g/mol. The molecular formula is C22H15F2N5O2S2. The Hall–Kier alpha value is -3.57. The second-order valence-electron chi connectivity index (χ2n) is 7.12. The lowest BCUT2D eigenvalue weighted by molar-refractivity contribution is -0.113. The van der Waals surface area contributed by atoms with Crippen LogP contribution in [-0.2, 0) is 11.3 Å². The number of nitrogens with zero attached hydrogens (tertiary/aromatic N) is 4. The van der Waals surface area contributed by atoms with Crippen molar-refractivity contribution in [3.8, 4) is 0 Å². The summed E-state index contributed by atoms with van der Waals surface area (Å²) in [6.07, 6.45) is 0. The zero-order chi connectivity index (χ0) is 22.9. The fraction of sp³-hybridized carbons (Fsp3) is 0.0909. The number of carbonyl (C=O) groups is 1. The summed E-state index contributed by atoms with van der Waals surface area (Å²) in [5.74, 6) is -0.794. The summed E-state index contributed by atoms with van der Waals surface area (Å²) in [7, 11) is 0. The minimum Gasteiger partial charge on any atom is -0.325 e. The maximum absolute atomic E-state index is 13.3. The third kappa shape index (κ3) is 4.24. The molecule has 0 spiro atoms. The van der Waals surface area contributed by atoms with Gasteiger partial charge >= 0.3 is 0 Å². The average Bonchev–Trinajstić information content (AvgIpc) is 3.44. The first-order valence-corrected chi connectivity index (χ1v) is 11.6. The molecule has 5 rings (SSSR count). The molecule has 2 aromatic carbocycles. The molecule has 0 atom stereocenters. The number of benzene rings is 2. The van der Waals surface area contributed by atoms with Crippen LogP contribution in [0.2, 0.25) is 0 Å². The fourth-order valence-corrected chi connectivity index (χ4v) is 4.97. The molecule has 166 valence electrons. The first-order valence-electron chi connectivity index (χ1n) is 9.77. The first kappa shape index (κ1) is 21.3. The number of hydrogen-bond acceptors (Lipinski definition) is 6. The maximum atomic E-state index is 13.3. The highest BCUT2D eigenvalue weighted by atomic mass is 32.2. The molecule has 0 unspecified atom stereocenters. The summed E-state index contributed by atoms with van der Waals surface area (Å²) in [4.78, 5) is 25.5. The van der Waals surface area contributed by atoms with E-state index in [1.54, 1.807) is 34.0 Å². The molecule has 0 radical (unpaired) electrons. The smallest absolute Gasteiger partial charge is 0.273 e. The van der Waals surface area contributed by atoms with Gasteiger partial charge in [-0.15, -0.1) is 21.5 Å². The van der Waals surface area contributed by atoms with Crippen LogP contribution in [0.25, 0.3) is 16.0 Å². The van der Waals surface area contributed by atoms with Crippen molar-refractivity contribution in [2.45, 2.75) is 11.7 Å². The third-order valence-electron chi connectivity index (χ3n) is 4.88. The Morgan fingerprint density at radius 2 is 1.88 bits per heavy atom. The second-order valence-corrected chi connectivity index (χ2v) is 8.98. The second kappa shape index (κ2) is 8.75. The standard InChI is InChI=1S/C22H15F2N5O2S2/c23-14-6-4-13(5-7-14)11-28-20(31)19-17(8-9-32-19)29-21(28)26-27-22(29)33-12-18(30)25-16-3-1-2-15(24)10-16/h1-10H,11-12H2,(H,25,30). The van der Waals surface area contributed by atoms with Crippen molar-refractivity contribution in [1.29, 1.82) is 0 Å². The van der Waals surface area contributed by atoms with Crippen LogP contribution in [0, 0.1) is 11.6 Å². The summed E-state index contributed by atoms with van der Waals surface area (Å²) >= 11 is 2.45. The molecule has 1 N–H and O–H groups in total. The van der Waals surface area contributed by atoms with Crippen LogP contribution in [-0.4, -0.2) is 30.8 Å². The van der Waals surface area contributed by atoms with Gasteiger partial charge in [-0.3, -0.25) is 18.6 Å². The van der Waals surface area contributed by atoms with E-state index in [1.807, 2.05) is 0 Å². The number of fused-ring (bicyclic) bond motifs is 3. The lowest BCUT2D eigenvalue weighted by Crippen LogP contribution is -2.23. The summed E-state index contributed by atoms with van der Waals surface area (Å²) in [6.45, 7) is 0.194. The Morgan fingerprint density at radius 1 is 1.06 bits per heavy atom. The van der Waals surface area contributed by atoms with Gasteiger partial charge in [-0.25, -0.2) is 8.78 Å². The minimum absolute atomic E-state index is 0.0139. The number of thioether (sulfide) groups is 1. The number of hydrogen-bond donors (Lipinski definition) is 1. The highest BCUT2D eigenvalue weighted by Crippen LogP contribution is 2.25. The molecule has 0 aliphatic carbocycles. The zero-order valence-electron chi connectivity index (χ0n) is 16.9. The molecule has 0 aliphatic heterocycles. The first-order chi connectivity index (χ1) is 16.0. The molecule has 1 amide bonds. The molecule has 0 aliphatic rings. The van der Waals surface area contributed by atoms with E-state index in [4.69, 9.17) is 0 Å². The number of halogens is 2. The van der Waals surface area contributed by atoms with Crippen LogP contribution >= 0.6 is 23.1 Å². The van der Waals surface area contributed by atoms with Gasteiger partial charge in [0.05, 0.1) is 17.8 Å². The van der Waals surface area contributed by atoms with Gasteiger partial charge in [0.2, 0.25) is 11.7 Å². The molecule has 5 aromatic rings. The van der Waals surface area contributed by atoms with Crippen molar-refractivity contribution in [3.05, 3.63) is 87.5 Å². The number of anilines is 1. The quantitative estimate of drug-likeness (QED) is 0.367. The Morgan fingerprint density at radius 3 is 2.67 bits per heavy atom.